The standard InChI is InChI=1S/C24H21ClF5NO4/c25-19-10-15(26)3-4-21(19)34-16-5-7-31(8-6-16)12-14-9-20(27)18(11-17(14)13-1-2-13)22(32)35-23(33)24(28,29)30/h3-4,9-11,13,16H,1-2,5-8,12H2. The van der Waals surface area contributed by atoms with Crippen molar-refractivity contribution in [3.63, 3.8) is 0 Å². The first-order chi connectivity index (χ1) is 16.5. The van der Waals surface area contributed by atoms with Gasteiger partial charge in [-0.1, -0.05) is 11.6 Å². The zero-order chi connectivity index (χ0) is 25.3. The van der Waals surface area contributed by atoms with Gasteiger partial charge in [0, 0.05) is 19.6 Å². The van der Waals surface area contributed by atoms with Crippen LogP contribution in [-0.2, 0) is 16.1 Å². The van der Waals surface area contributed by atoms with Crippen molar-refractivity contribution in [2.24, 2.45) is 0 Å². The number of benzene rings is 2. The van der Waals surface area contributed by atoms with Crippen molar-refractivity contribution in [2.75, 3.05) is 13.1 Å². The molecule has 0 aromatic heterocycles. The Morgan fingerprint density at radius 3 is 2.31 bits per heavy atom. The molecule has 2 aromatic rings. The molecule has 0 radical (unpaired) electrons. The summed E-state index contributed by atoms with van der Waals surface area (Å²) in [5, 5.41) is 0.188. The predicted molar refractivity (Wildman–Crippen MR) is 115 cm³/mol. The van der Waals surface area contributed by atoms with Gasteiger partial charge in [0.25, 0.3) is 0 Å². The summed E-state index contributed by atoms with van der Waals surface area (Å²) in [5.41, 5.74) is 0.593. The number of ether oxygens (including phenoxy) is 2. The van der Waals surface area contributed by atoms with E-state index in [1.165, 1.54) is 24.3 Å². The largest absolute Gasteiger partial charge is 0.491 e. The highest BCUT2D eigenvalue weighted by atomic mass is 35.5. The van der Waals surface area contributed by atoms with Crippen molar-refractivity contribution >= 4 is 23.5 Å². The summed E-state index contributed by atoms with van der Waals surface area (Å²) in [6.45, 7) is 1.63. The molecule has 11 heteroatoms. The Bertz CT molecular complexity index is 1130. The number of alkyl halides is 3. The number of hydrogen-bond acceptors (Lipinski definition) is 5. The van der Waals surface area contributed by atoms with E-state index in [-0.39, 0.29) is 17.0 Å². The number of likely N-dealkylation sites (tertiary alicyclic amines) is 1. The van der Waals surface area contributed by atoms with Gasteiger partial charge in [0.1, 0.15) is 23.5 Å². The first-order valence-electron chi connectivity index (χ1n) is 11.0. The van der Waals surface area contributed by atoms with Gasteiger partial charge in [0.05, 0.1) is 10.6 Å². The molecule has 2 aromatic carbocycles. The summed E-state index contributed by atoms with van der Waals surface area (Å²) < 4.78 is 74.8. The molecular weight excluding hydrogens is 497 g/mol. The van der Waals surface area contributed by atoms with Crippen molar-refractivity contribution in [2.45, 2.75) is 50.4 Å². The molecule has 0 bridgehead atoms. The highest BCUT2D eigenvalue weighted by molar-refractivity contribution is 6.32. The molecule has 35 heavy (non-hydrogen) atoms. The summed E-state index contributed by atoms with van der Waals surface area (Å²) in [6.07, 6.45) is -2.57. The molecule has 1 heterocycles. The number of carbonyl (C=O) groups is 2. The lowest BCUT2D eigenvalue weighted by Crippen LogP contribution is -2.38. The van der Waals surface area contributed by atoms with Gasteiger partial charge in [-0.2, -0.15) is 13.2 Å². The second kappa shape index (κ2) is 10.1. The molecule has 188 valence electrons. The summed E-state index contributed by atoms with van der Waals surface area (Å²) in [6, 6.07) is 6.24. The van der Waals surface area contributed by atoms with Crippen LogP contribution in [0.1, 0.15) is 53.1 Å². The van der Waals surface area contributed by atoms with E-state index in [1.807, 2.05) is 0 Å². The van der Waals surface area contributed by atoms with Gasteiger partial charge in [-0.15, -0.1) is 0 Å². The lowest BCUT2D eigenvalue weighted by atomic mass is 9.98. The van der Waals surface area contributed by atoms with Crippen LogP contribution in [0.15, 0.2) is 30.3 Å². The van der Waals surface area contributed by atoms with Crippen LogP contribution in [0.4, 0.5) is 22.0 Å². The first-order valence-corrected chi connectivity index (χ1v) is 11.4. The molecule has 1 saturated heterocycles. The van der Waals surface area contributed by atoms with Crippen LogP contribution in [-0.4, -0.2) is 42.2 Å². The van der Waals surface area contributed by atoms with Crippen molar-refractivity contribution in [3.05, 3.63) is 63.7 Å². The Balaban J connectivity index is 1.41. The fraction of sp³-hybridized carbons (Fsp3) is 0.417. The van der Waals surface area contributed by atoms with Crippen molar-refractivity contribution < 1.29 is 41.0 Å². The number of nitrogens with zero attached hydrogens (tertiary/aromatic N) is 1. The normalized spacial score (nSPS) is 17.3. The maximum atomic E-state index is 14.7. The van der Waals surface area contributed by atoms with E-state index in [9.17, 15) is 31.5 Å². The van der Waals surface area contributed by atoms with E-state index in [4.69, 9.17) is 16.3 Å². The molecule has 2 aliphatic rings. The molecule has 2 fully saturated rings. The molecule has 0 spiro atoms. The van der Waals surface area contributed by atoms with Crippen molar-refractivity contribution in [1.29, 1.82) is 0 Å². The average Bonchev–Trinajstić information content (AvgIpc) is 3.61. The number of esters is 2. The molecule has 0 unspecified atom stereocenters. The van der Waals surface area contributed by atoms with Gasteiger partial charge < -0.3 is 9.47 Å². The lowest BCUT2D eigenvalue weighted by molar-refractivity contribution is -0.193. The molecule has 1 saturated carbocycles. The molecule has 0 atom stereocenters. The van der Waals surface area contributed by atoms with E-state index in [0.29, 0.717) is 49.4 Å². The fourth-order valence-corrected chi connectivity index (χ4v) is 4.28. The second-order valence-electron chi connectivity index (χ2n) is 8.65. The van der Waals surface area contributed by atoms with E-state index >= 15 is 0 Å². The molecule has 0 amide bonds. The van der Waals surface area contributed by atoms with Crippen molar-refractivity contribution in [1.82, 2.24) is 4.90 Å². The van der Waals surface area contributed by atoms with Crippen LogP contribution in [0.3, 0.4) is 0 Å². The van der Waals surface area contributed by atoms with Crippen molar-refractivity contribution in [3.8, 4) is 5.75 Å². The minimum atomic E-state index is -5.36. The van der Waals surface area contributed by atoms with E-state index in [0.717, 1.165) is 18.9 Å². The quantitative estimate of drug-likeness (QED) is 0.276. The number of rotatable bonds is 6. The average molecular weight is 518 g/mol. The molecule has 4 rings (SSSR count). The zero-order valence-electron chi connectivity index (χ0n) is 18.3. The summed E-state index contributed by atoms with van der Waals surface area (Å²) >= 11 is 6.02. The topological polar surface area (TPSA) is 55.8 Å². The fourth-order valence-electron chi connectivity index (χ4n) is 4.07. The lowest BCUT2D eigenvalue weighted by Gasteiger charge is -2.32. The van der Waals surface area contributed by atoms with E-state index in [2.05, 4.69) is 9.64 Å². The van der Waals surface area contributed by atoms with Gasteiger partial charge in [-0.05, 0) is 73.1 Å². The Hall–Kier alpha value is -2.72. The number of piperidine rings is 1. The van der Waals surface area contributed by atoms with Crippen LogP contribution < -0.4 is 4.74 Å². The third kappa shape index (κ3) is 6.29. The maximum Gasteiger partial charge on any atom is 0.491 e. The minimum absolute atomic E-state index is 0.0666. The molecular formula is C24H21ClF5NO4. The Morgan fingerprint density at radius 2 is 1.71 bits per heavy atom. The summed E-state index contributed by atoms with van der Waals surface area (Å²) in [5.74, 6) is -5.40. The van der Waals surface area contributed by atoms with E-state index in [1.54, 1.807) is 0 Å². The minimum Gasteiger partial charge on any atom is -0.489 e. The van der Waals surface area contributed by atoms with Crippen LogP contribution in [0.25, 0.3) is 0 Å². The second-order valence-corrected chi connectivity index (χ2v) is 9.06. The highest BCUT2D eigenvalue weighted by Crippen LogP contribution is 2.43. The number of carbonyl (C=O) groups excluding carboxylic acids is 2. The van der Waals surface area contributed by atoms with E-state index < -0.39 is 35.3 Å². The first kappa shape index (κ1) is 25.4. The van der Waals surface area contributed by atoms with Crippen LogP contribution in [0, 0.1) is 11.6 Å². The summed E-state index contributed by atoms with van der Waals surface area (Å²) in [7, 11) is 0. The Labute approximate surface area is 202 Å². The van der Waals surface area contributed by atoms with Gasteiger partial charge in [-0.25, -0.2) is 18.4 Å². The Kier molecular flexibility index (Phi) is 7.32. The zero-order valence-corrected chi connectivity index (χ0v) is 19.1. The van der Waals surface area contributed by atoms with Crippen LogP contribution >= 0.6 is 11.6 Å². The predicted octanol–water partition coefficient (Wildman–Crippen LogP) is 5.78. The third-order valence-corrected chi connectivity index (χ3v) is 6.29. The van der Waals surface area contributed by atoms with Gasteiger partial charge >= 0.3 is 18.1 Å². The van der Waals surface area contributed by atoms with Gasteiger partial charge in [0.2, 0.25) is 0 Å². The van der Waals surface area contributed by atoms with Crippen LogP contribution in [0.2, 0.25) is 5.02 Å². The number of halogens is 6. The SMILES string of the molecule is O=C(OC(=O)C(F)(F)F)c1cc(C2CC2)c(CN2CCC(Oc3ccc(F)cc3Cl)CC2)cc1F. The summed E-state index contributed by atoms with van der Waals surface area (Å²) in [4.78, 5) is 25.1. The van der Waals surface area contributed by atoms with Crippen LogP contribution in [0.5, 0.6) is 5.75 Å². The third-order valence-electron chi connectivity index (χ3n) is 6.00. The van der Waals surface area contributed by atoms with Gasteiger partial charge in [0.15, 0.2) is 0 Å². The molecule has 5 nitrogen and oxygen atoms in total. The smallest absolute Gasteiger partial charge is 0.489 e. The molecule has 1 aliphatic heterocycles. The molecule has 1 aliphatic carbocycles. The number of hydrogen-bond donors (Lipinski definition) is 0. The Morgan fingerprint density at radius 1 is 1.03 bits per heavy atom. The van der Waals surface area contributed by atoms with Gasteiger partial charge in [-0.3, -0.25) is 4.90 Å². The highest BCUT2D eigenvalue weighted by Gasteiger charge is 2.43. The monoisotopic (exact) mass is 517 g/mol. The molecule has 0 N–H and O–H groups in total. The maximum absolute atomic E-state index is 14.7.